The van der Waals surface area contributed by atoms with Crippen LogP contribution in [0.15, 0.2) is 89.6 Å². The molecular weight excluding hydrogens is 514 g/mol. The summed E-state index contributed by atoms with van der Waals surface area (Å²) in [5.41, 5.74) is 3.19. The van der Waals surface area contributed by atoms with Crippen molar-refractivity contribution >= 4 is 46.4 Å². The maximum Gasteiger partial charge on any atom is 0.327 e. The van der Waals surface area contributed by atoms with E-state index < -0.39 is 29.9 Å². The second-order valence-corrected chi connectivity index (χ2v) is 11.3. The third-order valence-corrected chi connectivity index (χ3v) is 9.12. The molecule has 2 aromatic carbocycles. The Labute approximate surface area is 229 Å². The first-order valence-electron chi connectivity index (χ1n) is 12.3. The summed E-state index contributed by atoms with van der Waals surface area (Å²) in [6, 6.07) is 20.4. The Hall–Kier alpha value is -3.81. The predicted molar refractivity (Wildman–Crippen MR) is 152 cm³/mol. The summed E-state index contributed by atoms with van der Waals surface area (Å²) in [6.07, 6.45) is 3.71. The molecule has 3 heterocycles. The monoisotopic (exact) mass is 541 g/mol. The van der Waals surface area contributed by atoms with Gasteiger partial charge >= 0.3 is 5.97 Å². The van der Waals surface area contributed by atoms with E-state index in [1.165, 1.54) is 27.6 Å². The van der Waals surface area contributed by atoms with E-state index in [1.807, 2.05) is 86.0 Å². The van der Waals surface area contributed by atoms with E-state index >= 15 is 0 Å². The molecule has 4 unspecified atom stereocenters. The Morgan fingerprint density at radius 2 is 1.58 bits per heavy atom. The van der Waals surface area contributed by atoms with Gasteiger partial charge in [0.15, 0.2) is 5.78 Å². The summed E-state index contributed by atoms with van der Waals surface area (Å²) >= 11 is 2.71. The number of rotatable bonds is 7. The van der Waals surface area contributed by atoms with E-state index in [1.54, 1.807) is 23.6 Å². The van der Waals surface area contributed by atoms with Gasteiger partial charge in [-0.2, -0.15) is 0 Å². The van der Waals surface area contributed by atoms with Crippen molar-refractivity contribution in [3.8, 4) is 0 Å². The number of benzene rings is 2. The van der Waals surface area contributed by atoms with Crippen molar-refractivity contribution in [1.29, 1.82) is 0 Å². The lowest BCUT2D eigenvalue weighted by atomic mass is 9.79. The number of likely N-dealkylation sites (tertiary alicyclic amines) is 1. The highest BCUT2D eigenvalue weighted by Crippen LogP contribution is 2.48. The molecule has 2 aromatic heterocycles. The Balaban J connectivity index is 1.73. The highest BCUT2D eigenvalue weighted by molar-refractivity contribution is 7.12. The Kier molecular flexibility index (Phi) is 7.40. The highest BCUT2D eigenvalue weighted by Gasteiger charge is 2.57. The molecule has 0 bridgehead atoms. The van der Waals surface area contributed by atoms with Gasteiger partial charge in [0.05, 0.1) is 16.8 Å². The summed E-state index contributed by atoms with van der Waals surface area (Å²) in [4.78, 5) is 44.0. The van der Waals surface area contributed by atoms with E-state index in [2.05, 4.69) is 0 Å². The Morgan fingerprint density at radius 1 is 0.842 bits per heavy atom. The minimum Gasteiger partial charge on any atom is -0.480 e. The number of hydrogen-bond acceptors (Lipinski definition) is 5. The van der Waals surface area contributed by atoms with Crippen LogP contribution in [-0.2, 0) is 4.79 Å². The Bertz CT molecular complexity index is 1490. The maximum atomic E-state index is 14.4. The standard InChI is InChI=1S/C31H27NO4S2/c1-19-9-6-7-12-22(19)28(33)25-23(15-14-21-10-4-3-5-11-21)32(30(34)24-13-8-17-37-24)27(31(35)36)26(25)29-20(2)16-18-38-29/h3-18,23,25-27H,1-2H3,(H,35,36). The van der Waals surface area contributed by atoms with Crippen LogP contribution in [0.2, 0.25) is 0 Å². The molecule has 4 atom stereocenters. The number of carbonyl (C=O) groups is 3. The first-order valence-corrected chi connectivity index (χ1v) is 14.1. The molecule has 1 aliphatic rings. The van der Waals surface area contributed by atoms with Crippen molar-refractivity contribution in [2.45, 2.75) is 31.8 Å². The lowest BCUT2D eigenvalue weighted by molar-refractivity contribution is -0.142. The number of thiophene rings is 2. The van der Waals surface area contributed by atoms with Crippen LogP contribution in [0.1, 0.15) is 47.5 Å². The van der Waals surface area contributed by atoms with E-state index in [0.29, 0.717) is 10.4 Å². The molecule has 0 radical (unpaired) electrons. The van der Waals surface area contributed by atoms with Crippen molar-refractivity contribution in [2.75, 3.05) is 0 Å². The predicted octanol–water partition coefficient (Wildman–Crippen LogP) is 6.70. The zero-order valence-electron chi connectivity index (χ0n) is 21.0. The molecule has 1 fully saturated rings. The largest absolute Gasteiger partial charge is 0.480 e. The number of Topliss-reactive ketones (excluding diaryl/α,β-unsaturated/α-hetero) is 1. The summed E-state index contributed by atoms with van der Waals surface area (Å²) in [7, 11) is 0. The van der Waals surface area contributed by atoms with Crippen molar-refractivity contribution in [2.24, 2.45) is 5.92 Å². The number of ketones is 1. The first-order chi connectivity index (χ1) is 18.4. The third kappa shape index (κ3) is 4.75. The molecule has 5 rings (SSSR count). The highest BCUT2D eigenvalue weighted by atomic mass is 32.1. The van der Waals surface area contributed by atoms with Gasteiger partial charge in [0, 0.05) is 16.4 Å². The van der Waals surface area contributed by atoms with Crippen LogP contribution in [0.5, 0.6) is 0 Å². The average molecular weight is 542 g/mol. The molecule has 192 valence electrons. The summed E-state index contributed by atoms with van der Waals surface area (Å²) < 4.78 is 0. The van der Waals surface area contributed by atoms with Crippen LogP contribution >= 0.6 is 22.7 Å². The van der Waals surface area contributed by atoms with E-state index in [-0.39, 0.29) is 11.7 Å². The molecule has 0 aliphatic carbocycles. The van der Waals surface area contributed by atoms with Crippen molar-refractivity contribution < 1.29 is 19.5 Å². The summed E-state index contributed by atoms with van der Waals surface area (Å²) in [5.74, 6) is -3.14. The number of nitrogens with zero attached hydrogens (tertiary/aromatic N) is 1. The SMILES string of the molecule is Cc1ccccc1C(=O)C1C(c2sccc2C)C(C(=O)O)N(C(=O)c2cccs2)C1C=Cc1ccccc1. The van der Waals surface area contributed by atoms with Crippen molar-refractivity contribution in [1.82, 2.24) is 4.90 Å². The number of hydrogen-bond donors (Lipinski definition) is 1. The van der Waals surface area contributed by atoms with Gasteiger partial charge in [-0.3, -0.25) is 9.59 Å². The number of carbonyl (C=O) groups excluding carboxylic acids is 2. The minimum atomic E-state index is -1.20. The molecule has 5 nitrogen and oxygen atoms in total. The molecular formula is C31H27NO4S2. The molecule has 1 aliphatic heterocycles. The fourth-order valence-electron chi connectivity index (χ4n) is 5.37. The van der Waals surface area contributed by atoms with Gasteiger partial charge in [0.25, 0.3) is 5.91 Å². The number of carboxylic acid groups (broad SMARTS) is 1. The number of aryl methyl sites for hydroxylation is 2. The van der Waals surface area contributed by atoms with Gasteiger partial charge in [-0.15, -0.1) is 22.7 Å². The van der Waals surface area contributed by atoms with Crippen LogP contribution in [0.3, 0.4) is 0 Å². The van der Waals surface area contributed by atoms with Gasteiger partial charge in [0.1, 0.15) is 6.04 Å². The Morgan fingerprint density at radius 3 is 2.21 bits per heavy atom. The topological polar surface area (TPSA) is 74.7 Å². The number of carboxylic acids is 1. The van der Waals surface area contributed by atoms with Gasteiger partial charge in [0.2, 0.25) is 0 Å². The average Bonchev–Trinajstić information content (AvgIpc) is 3.66. The van der Waals surface area contributed by atoms with Gasteiger partial charge in [-0.05, 0) is 53.4 Å². The zero-order valence-corrected chi connectivity index (χ0v) is 22.6. The third-order valence-electron chi connectivity index (χ3n) is 7.14. The van der Waals surface area contributed by atoms with Crippen molar-refractivity contribution in [3.63, 3.8) is 0 Å². The van der Waals surface area contributed by atoms with Gasteiger partial charge < -0.3 is 10.0 Å². The van der Waals surface area contributed by atoms with Crippen LogP contribution in [0.25, 0.3) is 6.08 Å². The van der Waals surface area contributed by atoms with E-state index in [0.717, 1.165) is 21.6 Å². The molecule has 38 heavy (non-hydrogen) atoms. The first kappa shape index (κ1) is 25.8. The van der Waals surface area contributed by atoms with Crippen LogP contribution < -0.4 is 0 Å². The molecule has 0 spiro atoms. The fourth-order valence-corrected chi connectivity index (χ4v) is 7.14. The normalized spacial score (nSPS) is 21.2. The fraction of sp³-hybridized carbons (Fsp3) is 0.194. The lowest BCUT2D eigenvalue weighted by Crippen LogP contribution is -2.46. The van der Waals surface area contributed by atoms with Crippen LogP contribution in [0, 0.1) is 19.8 Å². The summed E-state index contributed by atoms with van der Waals surface area (Å²) in [6.45, 7) is 3.81. The van der Waals surface area contributed by atoms with Crippen LogP contribution in [0.4, 0.5) is 0 Å². The minimum absolute atomic E-state index is 0.156. The second-order valence-electron chi connectivity index (χ2n) is 9.43. The molecule has 0 saturated carbocycles. The maximum absolute atomic E-state index is 14.4. The molecule has 7 heteroatoms. The zero-order chi connectivity index (χ0) is 26.8. The number of aliphatic carboxylic acids is 1. The van der Waals surface area contributed by atoms with E-state index in [9.17, 15) is 19.5 Å². The van der Waals surface area contributed by atoms with Gasteiger partial charge in [-0.25, -0.2) is 4.79 Å². The summed E-state index contributed by atoms with van der Waals surface area (Å²) in [5, 5.41) is 14.3. The van der Waals surface area contributed by atoms with Gasteiger partial charge in [-0.1, -0.05) is 72.8 Å². The smallest absolute Gasteiger partial charge is 0.327 e. The lowest BCUT2D eigenvalue weighted by Gasteiger charge is -2.27. The quantitative estimate of drug-likeness (QED) is 0.264. The molecule has 4 aromatic rings. The molecule has 1 saturated heterocycles. The molecule has 1 N–H and O–H groups in total. The van der Waals surface area contributed by atoms with E-state index in [4.69, 9.17) is 0 Å². The van der Waals surface area contributed by atoms with Crippen molar-refractivity contribution in [3.05, 3.63) is 122 Å². The molecule has 1 amide bonds. The van der Waals surface area contributed by atoms with Crippen LogP contribution in [-0.4, -0.2) is 39.7 Å². The second kappa shape index (κ2) is 10.9. The number of amides is 1.